The van der Waals surface area contributed by atoms with Gasteiger partial charge in [0.25, 0.3) is 5.91 Å². The number of nitrogens with zero attached hydrogens (tertiary/aromatic N) is 1. The molecule has 4 nitrogen and oxygen atoms in total. The van der Waals surface area contributed by atoms with E-state index in [0.29, 0.717) is 22.6 Å². The summed E-state index contributed by atoms with van der Waals surface area (Å²) in [6.07, 6.45) is 1.59. The molecule has 0 saturated heterocycles. The monoisotopic (exact) mass is 259 g/mol. The average molecular weight is 259 g/mol. The number of rotatable bonds is 3. The lowest BCUT2D eigenvalue weighted by molar-refractivity contribution is 0.102. The van der Waals surface area contributed by atoms with Crippen LogP contribution in [0.3, 0.4) is 0 Å². The second-order valence-electron chi connectivity index (χ2n) is 4.02. The Morgan fingerprint density at radius 1 is 1.26 bits per heavy atom. The van der Waals surface area contributed by atoms with E-state index < -0.39 is 0 Å². The van der Waals surface area contributed by atoms with Crippen LogP contribution in [-0.2, 0) is 0 Å². The third kappa shape index (κ3) is 2.70. The fourth-order valence-electron chi connectivity index (χ4n) is 1.72. The van der Waals surface area contributed by atoms with Crippen LogP contribution < -0.4 is 10.6 Å². The minimum absolute atomic E-state index is 0.328. The quantitative estimate of drug-likeness (QED) is 0.891. The van der Waals surface area contributed by atoms with Gasteiger partial charge in [0.15, 0.2) is 0 Å². The number of carbonyl (C=O) groups excluding carboxylic acids is 1. The molecule has 0 atom stereocenters. The van der Waals surface area contributed by atoms with Gasteiger partial charge in [-0.1, -0.05) is 6.07 Å². The molecule has 0 aliphatic carbocycles. The molecule has 0 aliphatic heterocycles. The normalized spacial score (nSPS) is 10.1. The molecule has 1 heterocycles. The topological polar surface area (TPSA) is 54.0 Å². The summed E-state index contributed by atoms with van der Waals surface area (Å²) in [5.41, 5.74) is 1.27. The number of hydrogen-bond donors (Lipinski definition) is 2. The van der Waals surface area contributed by atoms with E-state index in [2.05, 4.69) is 15.6 Å². The van der Waals surface area contributed by atoms with E-state index in [1.54, 1.807) is 44.4 Å². The van der Waals surface area contributed by atoms with Gasteiger partial charge >= 0.3 is 0 Å². The van der Waals surface area contributed by atoms with Gasteiger partial charge in [0, 0.05) is 24.5 Å². The molecule has 0 fully saturated rings. The molecule has 0 radical (unpaired) electrons. The molecule has 2 aromatic rings. The first-order valence-electron chi connectivity index (χ1n) is 5.82. The smallest absolute Gasteiger partial charge is 0.259 e. The maximum Gasteiger partial charge on any atom is 0.259 e. The number of carbonyl (C=O) groups is 1. The Bertz CT molecular complexity index is 613. The highest BCUT2D eigenvalue weighted by Gasteiger charge is 2.13. The Balaban J connectivity index is 2.28. The van der Waals surface area contributed by atoms with Crippen LogP contribution in [0.25, 0.3) is 0 Å². The molecule has 2 N–H and O–H groups in total. The highest BCUT2D eigenvalue weighted by molar-refractivity contribution is 6.07. The summed E-state index contributed by atoms with van der Waals surface area (Å²) < 4.78 is 13.4. The fraction of sp³-hybridized carbons (Fsp3) is 0.143. The van der Waals surface area contributed by atoms with Crippen LogP contribution in [0.1, 0.15) is 15.9 Å². The lowest BCUT2D eigenvalue weighted by atomic mass is 10.1. The van der Waals surface area contributed by atoms with Crippen LogP contribution in [0.5, 0.6) is 0 Å². The zero-order chi connectivity index (χ0) is 13.8. The summed E-state index contributed by atoms with van der Waals surface area (Å²) in [5, 5.41) is 5.53. The van der Waals surface area contributed by atoms with Gasteiger partial charge < -0.3 is 10.6 Å². The molecule has 1 aromatic carbocycles. The Hall–Kier alpha value is -2.43. The first kappa shape index (κ1) is 13.0. The van der Waals surface area contributed by atoms with Crippen LogP contribution in [0.2, 0.25) is 0 Å². The third-order valence-corrected chi connectivity index (χ3v) is 2.81. The highest BCUT2D eigenvalue weighted by Crippen LogP contribution is 2.19. The summed E-state index contributed by atoms with van der Waals surface area (Å²) in [7, 11) is 1.69. The molecule has 0 saturated carbocycles. The minimum atomic E-state index is -0.349. The maximum absolute atomic E-state index is 13.4. The van der Waals surface area contributed by atoms with Crippen molar-refractivity contribution in [2.24, 2.45) is 0 Å². The Morgan fingerprint density at radius 2 is 2.05 bits per heavy atom. The van der Waals surface area contributed by atoms with E-state index in [1.807, 2.05) is 0 Å². The largest absolute Gasteiger partial charge is 0.372 e. The van der Waals surface area contributed by atoms with Gasteiger partial charge in [-0.05, 0) is 31.2 Å². The van der Waals surface area contributed by atoms with Gasteiger partial charge in [0.1, 0.15) is 11.6 Å². The summed E-state index contributed by atoms with van der Waals surface area (Å²) in [6.45, 7) is 1.62. The van der Waals surface area contributed by atoms with E-state index in [9.17, 15) is 9.18 Å². The Morgan fingerprint density at radius 3 is 2.79 bits per heavy atom. The fourth-order valence-corrected chi connectivity index (χ4v) is 1.72. The van der Waals surface area contributed by atoms with Gasteiger partial charge in [-0.15, -0.1) is 0 Å². The molecule has 0 aliphatic rings. The van der Waals surface area contributed by atoms with Crippen molar-refractivity contribution in [2.75, 3.05) is 17.7 Å². The average Bonchev–Trinajstić information content (AvgIpc) is 2.43. The molecule has 5 heteroatoms. The molecular formula is C14H14FN3O. The predicted molar refractivity (Wildman–Crippen MR) is 72.9 cm³/mol. The summed E-state index contributed by atoms with van der Waals surface area (Å²) in [6, 6.07) is 7.90. The van der Waals surface area contributed by atoms with E-state index in [-0.39, 0.29) is 11.7 Å². The van der Waals surface area contributed by atoms with Gasteiger partial charge in [-0.2, -0.15) is 0 Å². The van der Waals surface area contributed by atoms with Crippen LogP contribution >= 0.6 is 0 Å². The summed E-state index contributed by atoms with van der Waals surface area (Å²) >= 11 is 0. The predicted octanol–water partition coefficient (Wildman–Crippen LogP) is 2.82. The van der Waals surface area contributed by atoms with Crippen molar-refractivity contribution in [3.05, 3.63) is 53.5 Å². The van der Waals surface area contributed by atoms with E-state index in [4.69, 9.17) is 0 Å². The van der Waals surface area contributed by atoms with Gasteiger partial charge in [-0.25, -0.2) is 9.37 Å². The number of anilines is 2. The molecule has 0 unspecified atom stereocenters. The highest BCUT2D eigenvalue weighted by atomic mass is 19.1. The van der Waals surface area contributed by atoms with Crippen LogP contribution in [0, 0.1) is 12.7 Å². The third-order valence-electron chi connectivity index (χ3n) is 2.81. The lowest BCUT2D eigenvalue weighted by Gasteiger charge is -2.11. The second kappa shape index (κ2) is 5.48. The van der Waals surface area contributed by atoms with Gasteiger partial charge in [0.05, 0.1) is 5.56 Å². The van der Waals surface area contributed by atoms with Crippen molar-refractivity contribution in [1.29, 1.82) is 0 Å². The van der Waals surface area contributed by atoms with Crippen molar-refractivity contribution in [2.45, 2.75) is 6.92 Å². The summed E-state index contributed by atoms with van der Waals surface area (Å²) in [5.74, 6) is -0.196. The van der Waals surface area contributed by atoms with Gasteiger partial charge in [0.2, 0.25) is 0 Å². The number of amides is 1. The number of benzene rings is 1. The SMILES string of the molecule is CNc1ncccc1C(=O)Nc1cccc(F)c1C. The van der Waals surface area contributed by atoms with Crippen LogP contribution in [-0.4, -0.2) is 17.9 Å². The first-order chi connectivity index (χ1) is 9.13. The first-order valence-corrected chi connectivity index (χ1v) is 5.82. The lowest BCUT2D eigenvalue weighted by Crippen LogP contribution is -2.15. The van der Waals surface area contributed by atoms with Crippen molar-refractivity contribution in [3.8, 4) is 0 Å². The molecule has 0 spiro atoms. The number of pyridine rings is 1. The number of halogens is 1. The molecule has 1 amide bonds. The van der Waals surface area contributed by atoms with Crippen molar-refractivity contribution >= 4 is 17.4 Å². The molecule has 0 bridgehead atoms. The van der Waals surface area contributed by atoms with Crippen LogP contribution in [0.4, 0.5) is 15.9 Å². The van der Waals surface area contributed by atoms with Crippen molar-refractivity contribution in [1.82, 2.24) is 4.98 Å². The molecule has 98 valence electrons. The molecule has 19 heavy (non-hydrogen) atoms. The zero-order valence-corrected chi connectivity index (χ0v) is 10.7. The second-order valence-corrected chi connectivity index (χ2v) is 4.02. The molecule has 1 aromatic heterocycles. The van der Waals surface area contributed by atoms with Crippen molar-refractivity contribution in [3.63, 3.8) is 0 Å². The van der Waals surface area contributed by atoms with E-state index >= 15 is 0 Å². The molecular weight excluding hydrogens is 245 g/mol. The zero-order valence-electron chi connectivity index (χ0n) is 10.7. The Kier molecular flexibility index (Phi) is 3.75. The van der Waals surface area contributed by atoms with Crippen LogP contribution in [0.15, 0.2) is 36.5 Å². The number of nitrogens with one attached hydrogen (secondary N) is 2. The van der Waals surface area contributed by atoms with E-state index in [0.717, 1.165) is 0 Å². The number of hydrogen-bond acceptors (Lipinski definition) is 3. The summed E-state index contributed by atoms with van der Waals surface area (Å²) in [4.78, 5) is 16.2. The van der Waals surface area contributed by atoms with Crippen molar-refractivity contribution < 1.29 is 9.18 Å². The molecule has 2 rings (SSSR count). The Labute approximate surface area is 110 Å². The van der Waals surface area contributed by atoms with Gasteiger partial charge in [-0.3, -0.25) is 4.79 Å². The maximum atomic E-state index is 13.4. The standard InChI is InChI=1S/C14H14FN3O/c1-9-11(15)6-3-7-12(9)18-14(19)10-5-4-8-17-13(10)16-2/h3-8H,1-2H3,(H,16,17)(H,18,19). The van der Waals surface area contributed by atoms with E-state index in [1.165, 1.54) is 6.07 Å². The number of aromatic nitrogens is 1. The minimum Gasteiger partial charge on any atom is -0.372 e.